The molecule has 0 unspecified atom stereocenters. The Morgan fingerprint density at radius 1 is 1.56 bits per heavy atom. The van der Waals surface area contributed by atoms with Gasteiger partial charge in [-0.15, -0.1) is 0 Å². The van der Waals surface area contributed by atoms with Crippen LogP contribution in [0, 0.1) is 0 Å². The molecular formula is C12H14N2O2. The minimum Gasteiger partial charge on any atom is -0.319 e. The molecule has 0 radical (unpaired) electrons. The van der Waals surface area contributed by atoms with Gasteiger partial charge in [-0.05, 0) is 18.9 Å². The highest BCUT2D eigenvalue weighted by atomic mass is 16.1. The molecule has 0 saturated carbocycles. The predicted molar refractivity (Wildman–Crippen MR) is 63.3 cm³/mol. The van der Waals surface area contributed by atoms with Gasteiger partial charge < -0.3 is 4.98 Å². The fourth-order valence-electron chi connectivity index (χ4n) is 1.31. The van der Waals surface area contributed by atoms with Gasteiger partial charge in [0.15, 0.2) is 12.0 Å². The number of aromatic nitrogens is 2. The Labute approximate surface area is 93.7 Å². The van der Waals surface area contributed by atoms with Gasteiger partial charge in [-0.1, -0.05) is 25.2 Å². The topological polar surface area (TPSA) is 62.8 Å². The summed E-state index contributed by atoms with van der Waals surface area (Å²) in [4.78, 5) is 28.3. The number of hydrogen-bond donors (Lipinski definition) is 1. The van der Waals surface area contributed by atoms with Crippen LogP contribution in [-0.4, -0.2) is 16.3 Å². The summed E-state index contributed by atoms with van der Waals surface area (Å²) in [6, 6.07) is 0. The molecule has 4 heteroatoms. The van der Waals surface area contributed by atoms with Crippen LogP contribution in [0.4, 0.5) is 0 Å². The number of carbonyl (C=O) groups is 1. The van der Waals surface area contributed by atoms with Gasteiger partial charge in [0.25, 0.3) is 5.56 Å². The van der Waals surface area contributed by atoms with E-state index in [1.807, 2.05) is 32.1 Å². The molecule has 0 fully saturated rings. The summed E-state index contributed by atoms with van der Waals surface area (Å²) in [5.41, 5.74) is 0.960. The monoisotopic (exact) mass is 218 g/mol. The molecule has 0 aliphatic rings. The fraction of sp³-hybridized carbons (Fsp3) is 0.250. The molecular weight excluding hydrogens is 204 g/mol. The highest BCUT2D eigenvalue weighted by molar-refractivity contribution is 5.73. The van der Waals surface area contributed by atoms with Crippen LogP contribution in [0.1, 0.15) is 36.5 Å². The number of H-pyrrole nitrogens is 1. The van der Waals surface area contributed by atoms with Crippen molar-refractivity contribution in [3.05, 3.63) is 46.2 Å². The van der Waals surface area contributed by atoms with Gasteiger partial charge in [0.05, 0.1) is 11.9 Å². The van der Waals surface area contributed by atoms with E-state index in [-0.39, 0.29) is 5.69 Å². The van der Waals surface area contributed by atoms with Crippen LogP contribution >= 0.6 is 0 Å². The second-order valence-electron chi connectivity index (χ2n) is 3.20. The highest BCUT2D eigenvalue weighted by Gasteiger charge is 2.03. The van der Waals surface area contributed by atoms with Crippen molar-refractivity contribution in [3.8, 4) is 0 Å². The van der Waals surface area contributed by atoms with E-state index >= 15 is 0 Å². The lowest BCUT2D eigenvalue weighted by molar-refractivity contribution is 0.111. The van der Waals surface area contributed by atoms with Gasteiger partial charge in [0.2, 0.25) is 0 Å². The van der Waals surface area contributed by atoms with E-state index in [9.17, 15) is 9.59 Å². The maximum absolute atomic E-state index is 11.4. The molecule has 1 aromatic rings. The summed E-state index contributed by atoms with van der Waals surface area (Å²) >= 11 is 0. The zero-order valence-electron chi connectivity index (χ0n) is 9.36. The maximum Gasteiger partial charge on any atom is 0.277 e. The second kappa shape index (κ2) is 5.80. The summed E-state index contributed by atoms with van der Waals surface area (Å²) in [7, 11) is 0. The third-order valence-electron chi connectivity index (χ3n) is 2.01. The average molecular weight is 218 g/mol. The van der Waals surface area contributed by atoms with Gasteiger partial charge in [0.1, 0.15) is 0 Å². The third-order valence-corrected chi connectivity index (χ3v) is 2.01. The minimum absolute atomic E-state index is 0.0972. The highest BCUT2D eigenvalue weighted by Crippen LogP contribution is 2.11. The lowest BCUT2D eigenvalue weighted by Gasteiger charge is -2.01. The normalized spacial score (nSPS) is 12.0. The maximum atomic E-state index is 11.4. The largest absolute Gasteiger partial charge is 0.319 e. The Morgan fingerprint density at radius 2 is 2.31 bits per heavy atom. The molecule has 0 aliphatic heterocycles. The van der Waals surface area contributed by atoms with Gasteiger partial charge in [0, 0.05) is 0 Å². The molecule has 4 nitrogen and oxygen atoms in total. The summed E-state index contributed by atoms with van der Waals surface area (Å²) in [5.74, 6) is 0. The van der Waals surface area contributed by atoms with E-state index in [0.29, 0.717) is 12.0 Å². The molecule has 0 saturated heterocycles. The Balaban J connectivity index is 3.22. The minimum atomic E-state index is -0.459. The van der Waals surface area contributed by atoms with Crippen LogP contribution in [0.15, 0.2) is 29.2 Å². The third kappa shape index (κ3) is 2.76. The van der Waals surface area contributed by atoms with Crippen molar-refractivity contribution in [2.45, 2.75) is 20.3 Å². The van der Waals surface area contributed by atoms with Gasteiger partial charge in [-0.25, -0.2) is 4.98 Å². The first kappa shape index (κ1) is 12.1. The first-order chi connectivity index (χ1) is 7.72. The van der Waals surface area contributed by atoms with Crippen LogP contribution in [0.5, 0.6) is 0 Å². The molecule has 0 aromatic carbocycles. The van der Waals surface area contributed by atoms with Crippen molar-refractivity contribution < 1.29 is 4.79 Å². The Kier molecular flexibility index (Phi) is 4.39. The molecule has 1 N–H and O–H groups in total. The van der Waals surface area contributed by atoms with E-state index in [1.54, 1.807) is 0 Å². The number of nitrogens with zero attached hydrogens (tertiary/aromatic N) is 1. The summed E-state index contributed by atoms with van der Waals surface area (Å²) in [6.07, 6.45) is 8.54. The summed E-state index contributed by atoms with van der Waals surface area (Å²) in [5, 5.41) is 0. The van der Waals surface area contributed by atoms with E-state index in [0.717, 1.165) is 12.0 Å². The van der Waals surface area contributed by atoms with Crippen molar-refractivity contribution in [2.24, 2.45) is 0 Å². The molecule has 0 atom stereocenters. The number of aromatic amines is 1. The number of nitrogens with one attached hydrogen (secondary N) is 1. The summed E-state index contributed by atoms with van der Waals surface area (Å²) in [6.45, 7) is 3.91. The number of carbonyl (C=O) groups excluding carboxylic acids is 1. The molecule has 16 heavy (non-hydrogen) atoms. The first-order valence-electron chi connectivity index (χ1n) is 5.10. The average Bonchev–Trinajstić information content (AvgIpc) is 2.28. The van der Waals surface area contributed by atoms with Gasteiger partial charge in [-0.2, -0.15) is 0 Å². The molecule has 1 aromatic heterocycles. The zero-order valence-corrected chi connectivity index (χ0v) is 9.36. The molecule has 0 spiro atoms. The standard InChI is InChI=1S/C12H14N2O2/c1-3-5-9(6-4-2)10-7-13-11(8-15)12(16)14-10/h3,5-8H,4H2,1-2H3,(H,14,16)/b5-3-,9-6+. The lowest BCUT2D eigenvalue weighted by Crippen LogP contribution is -2.15. The molecule has 0 bridgehead atoms. The van der Waals surface area contributed by atoms with E-state index < -0.39 is 5.56 Å². The molecule has 1 heterocycles. The van der Waals surface area contributed by atoms with E-state index in [2.05, 4.69) is 9.97 Å². The number of rotatable bonds is 4. The van der Waals surface area contributed by atoms with Crippen molar-refractivity contribution in [1.29, 1.82) is 0 Å². The first-order valence-corrected chi connectivity index (χ1v) is 5.10. The van der Waals surface area contributed by atoms with Gasteiger partial charge in [-0.3, -0.25) is 9.59 Å². The molecule has 1 rings (SSSR count). The van der Waals surface area contributed by atoms with Gasteiger partial charge >= 0.3 is 0 Å². The number of allylic oxidation sites excluding steroid dienone is 4. The van der Waals surface area contributed by atoms with Crippen molar-refractivity contribution >= 4 is 11.9 Å². The smallest absolute Gasteiger partial charge is 0.277 e. The van der Waals surface area contributed by atoms with Crippen LogP contribution in [-0.2, 0) is 0 Å². The van der Waals surface area contributed by atoms with Crippen molar-refractivity contribution in [1.82, 2.24) is 9.97 Å². The lowest BCUT2D eigenvalue weighted by atomic mass is 10.1. The number of aldehydes is 1. The fourth-order valence-corrected chi connectivity index (χ4v) is 1.31. The van der Waals surface area contributed by atoms with Crippen LogP contribution in [0.3, 0.4) is 0 Å². The number of hydrogen-bond acceptors (Lipinski definition) is 3. The van der Waals surface area contributed by atoms with Crippen LogP contribution in [0.25, 0.3) is 5.57 Å². The quantitative estimate of drug-likeness (QED) is 0.620. The predicted octanol–water partition coefficient (Wildman–Crippen LogP) is 1.95. The zero-order chi connectivity index (χ0) is 12.0. The Morgan fingerprint density at radius 3 is 2.81 bits per heavy atom. The second-order valence-corrected chi connectivity index (χ2v) is 3.20. The van der Waals surface area contributed by atoms with Crippen LogP contribution < -0.4 is 5.56 Å². The SMILES string of the molecule is C/C=C\C(=C/CC)c1cnc(C=O)c(=O)[nH]1. The van der Waals surface area contributed by atoms with Crippen LogP contribution in [0.2, 0.25) is 0 Å². The van der Waals surface area contributed by atoms with Crippen molar-refractivity contribution in [3.63, 3.8) is 0 Å². The van der Waals surface area contributed by atoms with Crippen molar-refractivity contribution in [2.75, 3.05) is 0 Å². The van der Waals surface area contributed by atoms with E-state index in [4.69, 9.17) is 0 Å². The van der Waals surface area contributed by atoms with E-state index in [1.165, 1.54) is 6.20 Å². The molecule has 0 amide bonds. The Hall–Kier alpha value is -1.97. The Bertz CT molecular complexity index is 484. The molecule has 0 aliphatic carbocycles. The molecule has 84 valence electrons. The summed E-state index contributed by atoms with van der Waals surface area (Å²) < 4.78 is 0.